The summed E-state index contributed by atoms with van der Waals surface area (Å²) < 4.78 is 5.28. The van der Waals surface area contributed by atoms with E-state index in [1.165, 1.54) is 18.5 Å². The molecule has 1 aromatic rings. The molecule has 0 bridgehead atoms. The summed E-state index contributed by atoms with van der Waals surface area (Å²) in [6.45, 7) is 2.19. The summed E-state index contributed by atoms with van der Waals surface area (Å²) in [7, 11) is 5.98. The predicted molar refractivity (Wildman–Crippen MR) is 76.3 cm³/mol. The molecular formula is C14H23N3O. The van der Waals surface area contributed by atoms with Gasteiger partial charge in [-0.05, 0) is 39.1 Å². The summed E-state index contributed by atoms with van der Waals surface area (Å²) >= 11 is 0. The van der Waals surface area contributed by atoms with Gasteiger partial charge in [-0.1, -0.05) is 0 Å². The number of ether oxygens (including phenoxy) is 1. The van der Waals surface area contributed by atoms with Gasteiger partial charge in [0.25, 0.3) is 0 Å². The van der Waals surface area contributed by atoms with Gasteiger partial charge in [-0.3, -0.25) is 0 Å². The zero-order valence-corrected chi connectivity index (χ0v) is 11.5. The zero-order chi connectivity index (χ0) is 13.1. The predicted octanol–water partition coefficient (Wildman–Crippen LogP) is 1.81. The molecule has 0 radical (unpaired) electrons. The van der Waals surface area contributed by atoms with Gasteiger partial charge in [0.15, 0.2) is 0 Å². The van der Waals surface area contributed by atoms with Gasteiger partial charge in [0, 0.05) is 30.9 Å². The molecule has 0 unspecified atom stereocenters. The fourth-order valence-electron chi connectivity index (χ4n) is 2.54. The van der Waals surface area contributed by atoms with E-state index in [9.17, 15) is 0 Å². The average Bonchev–Trinajstić information content (AvgIpc) is 2.39. The van der Waals surface area contributed by atoms with Gasteiger partial charge in [0.2, 0.25) is 0 Å². The van der Waals surface area contributed by atoms with Crippen molar-refractivity contribution in [3.8, 4) is 5.75 Å². The van der Waals surface area contributed by atoms with E-state index in [1.54, 1.807) is 7.11 Å². The maximum absolute atomic E-state index is 5.84. The van der Waals surface area contributed by atoms with E-state index in [1.807, 2.05) is 12.1 Å². The second-order valence-corrected chi connectivity index (χ2v) is 5.11. The Kier molecular flexibility index (Phi) is 3.97. The molecule has 0 aliphatic carbocycles. The van der Waals surface area contributed by atoms with Crippen LogP contribution in [0.25, 0.3) is 0 Å². The first-order valence-electron chi connectivity index (χ1n) is 6.46. The number of methoxy groups -OCH3 is 1. The van der Waals surface area contributed by atoms with Crippen molar-refractivity contribution in [1.29, 1.82) is 0 Å². The highest BCUT2D eigenvalue weighted by Gasteiger charge is 2.21. The van der Waals surface area contributed by atoms with Crippen molar-refractivity contribution >= 4 is 11.4 Å². The number of benzene rings is 1. The van der Waals surface area contributed by atoms with Crippen LogP contribution in [-0.2, 0) is 0 Å². The number of nitrogens with zero attached hydrogens (tertiary/aromatic N) is 2. The standard InChI is InChI=1S/C14H23N3O/c1-16(2)11-6-8-17(9-7-11)12-4-5-13(15)14(10-12)18-3/h4-5,10-11H,6-9,15H2,1-3H3. The topological polar surface area (TPSA) is 41.7 Å². The highest BCUT2D eigenvalue weighted by atomic mass is 16.5. The SMILES string of the molecule is COc1cc(N2CCC(N(C)C)CC2)ccc1N. The second kappa shape index (κ2) is 5.48. The first-order chi connectivity index (χ1) is 8.61. The summed E-state index contributed by atoms with van der Waals surface area (Å²) in [5, 5.41) is 0. The van der Waals surface area contributed by atoms with E-state index in [0.717, 1.165) is 18.8 Å². The van der Waals surface area contributed by atoms with Crippen molar-refractivity contribution in [3.63, 3.8) is 0 Å². The van der Waals surface area contributed by atoms with E-state index >= 15 is 0 Å². The number of nitrogen functional groups attached to an aromatic ring is 1. The Labute approximate surface area is 109 Å². The van der Waals surface area contributed by atoms with E-state index in [4.69, 9.17) is 10.5 Å². The minimum atomic E-state index is 0.699. The summed E-state index contributed by atoms with van der Waals surface area (Å²) in [5.74, 6) is 0.766. The van der Waals surface area contributed by atoms with Crippen molar-refractivity contribution in [3.05, 3.63) is 18.2 Å². The fraction of sp³-hybridized carbons (Fsp3) is 0.571. The van der Waals surface area contributed by atoms with Crippen molar-refractivity contribution in [2.75, 3.05) is 44.9 Å². The van der Waals surface area contributed by atoms with Crippen molar-refractivity contribution < 1.29 is 4.74 Å². The van der Waals surface area contributed by atoms with Crippen LogP contribution in [0, 0.1) is 0 Å². The first kappa shape index (κ1) is 13.0. The molecule has 4 nitrogen and oxygen atoms in total. The number of piperidine rings is 1. The summed E-state index contributed by atoms with van der Waals surface area (Å²) in [5.41, 5.74) is 7.75. The van der Waals surface area contributed by atoms with E-state index in [0.29, 0.717) is 11.7 Å². The first-order valence-corrected chi connectivity index (χ1v) is 6.46. The zero-order valence-electron chi connectivity index (χ0n) is 11.5. The third-order valence-electron chi connectivity index (χ3n) is 3.78. The molecule has 0 saturated carbocycles. The number of nitrogens with two attached hydrogens (primary N) is 1. The van der Waals surface area contributed by atoms with Gasteiger partial charge >= 0.3 is 0 Å². The lowest BCUT2D eigenvalue weighted by Gasteiger charge is -2.36. The molecule has 1 aliphatic heterocycles. The van der Waals surface area contributed by atoms with Gasteiger partial charge in [-0.15, -0.1) is 0 Å². The summed E-state index contributed by atoms with van der Waals surface area (Å²) in [4.78, 5) is 4.73. The number of hydrogen-bond acceptors (Lipinski definition) is 4. The van der Waals surface area contributed by atoms with Gasteiger partial charge in [0.05, 0.1) is 12.8 Å². The largest absolute Gasteiger partial charge is 0.495 e. The minimum absolute atomic E-state index is 0.699. The van der Waals surface area contributed by atoms with Crippen LogP contribution < -0.4 is 15.4 Å². The molecule has 1 fully saturated rings. The third kappa shape index (κ3) is 2.70. The molecule has 0 aromatic heterocycles. The number of hydrogen-bond donors (Lipinski definition) is 1. The lowest BCUT2D eigenvalue weighted by atomic mass is 10.0. The molecule has 2 rings (SSSR count). The highest BCUT2D eigenvalue weighted by molar-refractivity contribution is 5.62. The Morgan fingerprint density at radius 2 is 1.94 bits per heavy atom. The minimum Gasteiger partial charge on any atom is -0.495 e. The lowest BCUT2D eigenvalue weighted by molar-refractivity contribution is 0.249. The molecular weight excluding hydrogens is 226 g/mol. The van der Waals surface area contributed by atoms with Gasteiger partial charge < -0.3 is 20.3 Å². The van der Waals surface area contributed by atoms with Gasteiger partial charge in [-0.2, -0.15) is 0 Å². The Morgan fingerprint density at radius 1 is 1.28 bits per heavy atom. The van der Waals surface area contributed by atoms with Crippen LogP contribution in [-0.4, -0.2) is 45.2 Å². The molecule has 4 heteroatoms. The number of anilines is 2. The highest BCUT2D eigenvalue weighted by Crippen LogP contribution is 2.29. The quantitative estimate of drug-likeness (QED) is 0.830. The summed E-state index contributed by atoms with van der Waals surface area (Å²) in [6.07, 6.45) is 2.42. The van der Waals surface area contributed by atoms with Crippen molar-refractivity contribution in [1.82, 2.24) is 4.90 Å². The molecule has 0 amide bonds. The van der Waals surface area contributed by atoms with Crippen LogP contribution >= 0.6 is 0 Å². The van der Waals surface area contributed by atoms with Crippen LogP contribution in [0.15, 0.2) is 18.2 Å². The Morgan fingerprint density at radius 3 is 2.50 bits per heavy atom. The van der Waals surface area contributed by atoms with Gasteiger partial charge in [0.1, 0.15) is 5.75 Å². The molecule has 0 spiro atoms. The molecule has 2 N–H and O–H groups in total. The molecule has 1 aliphatic rings. The lowest BCUT2D eigenvalue weighted by Crippen LogP contribution is -2.41. The Bertz CT molecular complexity index is 398. The molecule has 1 heterocycles. The maximum atomic E-state index is 5.84. The average molecular weight is 249 g/mol. The number of rotatable bonds is 3. The molecule has 1 aromatic carbocycles. The molecule has 1 saturated heterocycles. The van der Waals surface area contributed by atoms with E-state index in [-0.39, 0.29) is 0 Å². The Hall–Kier alpha value is -1.42. The van der Waals surface area contributed by atoms with Crippen LogP contribution in [0.5, 0.6) is 5.75 Å². The van der Waals surface area contributed by atoms with E-state index in [2.05, 4.69) is 30.0 Å². The molecule has 0 atom stereocenters. The van der Waals surface area contributed by atoms with Crippen molar-refractivity contribution in [2.45, 2.75) is 18.9 Å². The Balaban J connectivity index is 2.05. The normalized spacial score (nSPS) is 17.2. The van der Waals surface area contributed by atoms with Crippen LogP contribution in [0.4, 0.5) is 11.4 Å². The summed E-state index contributed by atoms with van der Waals surface area (Å²) in [6, 6.07) is 6.74. The van der Waals surface area contributed by atoms with Crippen LogP contribution in [0.3, 0.4) is 0 Å². The van der Waals surface area contributed by atoms with Crippen molar-refractivity contribution in [2.24, 2.45) is 0 Å². The van der Waals surface area contributed by atoms with Gasteiger partial charge in [-0.25, -0.2) is 0 Å². The van der Waals surface area contributed by atoms with Crippen LogP contribution in [0.1, 0.15) is 12.8 Å². The maximum Gasteiger partial charge on any atom is 0.143 e. The smallest absolute Gasteiger partial charge is 0.143 e. The monoisotopic (exact) mass is 249 g/mol. The van der Waals surface area contributed by atoms with E-state index < -0.39 is 0 Å². The molecule has 18 heavy (non-hydrogen) atoms. The third-order valence-corrected chi connectivity index (χ3v) is 3.78. The second-order valence-electron chi connectivity index (χ2n) is 5.11. The fourth-order valence-corrected chi connectivity index (χ4v) is 2.54. The van der Waals surface area contributed by atoms with Crippen LogP contribution in [0.2, 0.25) is 0 Å². The molecule has 100 valence electrons.